The lowest BCUT2D eigenvalue weighted by molar-refractivity contribution is 0.302. The number of benzene rings is 2. The van der Waals surface area contributed by atoms with E-state index in [1.54, 1.807) is 0 Å². The van der Waals surface area contributed by atoms with Crippen molar-refractivity contribution in [3.8, 4) is 5.75 Å². The highest BCUT2D eigenvalue weighted by molar-refractivity contribution is 7.59. The minimum atomic E-state index is 0. The third-order valence-corrected chi connectivity index (χ3v) is 4.19. The van der Waals surface area contributed by atoms with Crippen LogP contribution in [0.5, 0.6) is 5.75 Å². The fraction of sp³-hybridized carbons (Fsp3) is 0.368. The molecule has 124 valence electrons. The van der Waals surface area contributed by atoms with E-state index < -0.39 is 0 Å². The van der Waals surface area contributed by atoms with Crippen LogP contribution in [0.1, 0.15) is 30.0 Å². The van der Waals surface area contributed by atoms with Gasteiger partial charge in [0.15, 0.2) is 0 Å². The van der Waals surface area contributed by atoms with Gasteiger partial charge in [-0.2, -0.15) is 13.5 Å². The van der Waals surface area contributed by atoms with Crippen LogP contribution >= 0.6 is 13.5 Å². The highest BCUT2D eigenvalue weighted by Crippen LogP contribution is 2.21. The highest BCUT2D eigenvalue weighted by atomic mass is 32.1. The van der Waals surface area contributed by atoms with E-state index in [0.29, 0.717) is 6.61 Å². The van der Waals surface area contributed by atoms with Crippen LogP contribution < -0.4 is 10.5 Å². The largest absolute Gasteiger partial charge is 0.489 e. The molecule has 0 unspecified atom stereocenters. The monoisotopic (exact) mass is 330 g/mol. The maximum Gasteiger partial charge on any atom is 0.120 e. The van der Waals surface area contributed by atoms with Gasteiger partial charge in [0.25, 0.3) is 0 Å². The van der Waals surface area contributed by atoms with Gasteiger partial charge in [-0.3, -0.25) is 0 Å². The molecule has 4 heteroatoms. The summed E-state index contributed by atoms with van der Waals surface area (Å²) in [5.41, 5.74) is 8.68. The van der Waals surface area contributed by atoms with Gasteiger partial charge < -0.3 is 15.4 Å². The normalized spacial score (nSPS) is 15.9. The molecule has 2 aromatic rings. The van der Waals surface area contributed by atoms with Gasteiger partial charge in [0.2, 0.25) is 0 Å². The zero-order valence-electron chi connectivity index (χ0n) is 13.4. The number of nitrogens with two attached hydrogens (primary N) is 1. The zero-order chi connectivity index (χ0) is 15.2. The van der Waals surface area contributed by atoms with Crippen LogP contribution in [0.25, 0.3) is 0 Å². The van der Waals surface area contributed by atoms with Crippen molar-refractivity contribution in [1.82, 2.24) is 4.90 Å². The zero-order valence-corrected chi connectivity index (χ0v) is 14.4. The summed E-state index contributed by atoms with van der Waals surface area (Å²) in [6, 6.07) is 18.5. The van der Waals surface area contributed by atoms with Gasteiger partial charge >= 0.3 is 0 Å². The van der Waals surface area contributed by atoms with Crippen LogP contribution in [-0.2, 0) is 6.61 Å². The summed E-state index contributed by atoms with van der Waals surface area (Å²) in [6.45, 7) is 3.88. The SMILES string of the molecule is N[C@H](CN1CCCC1)c1cccc(OCc2ccccc2)c1.S. The van der Waals surface area contributed by atoms with E-state index in [4.69, 9.17) is 10.5 Å². The van der Waals surface area contributed by atoms with Gasteiger partial charge in [0, 0.05) is 12.6 Å². The minimum absolute atomic E-state index is 0. The second-order valence-electron chi connectivity index (χ2n) is 5.96. The first-order valence-electron chi connectivity index (χ1n) is 8.06. The molecule has 1 fully saturated rings. The van der Waals surface area contributed by atoms with Crippen LogP contribution in [0.15, 0.2) is 54.6 Å². The predicted molar refractivity (Wildman–Crippen MR) is 100 cm³/mol. The first-order valence-corrected chi connectivity index (χ1v) is 8.06. The van der Waals surface area contributed by atoms with Crippen molar-refractivity contribution >= 4 is 13.5 Å². The fourth-order valence-electron chi connectivity index (χ4n) is 2.92. The number of hydrogen-bond donors (Lipinski definition) is 1. The van der Waals surface area contributed by atoms with E-state index in [2.05, 4.69) is 29.2 Å². The van der Waals surface area contributed by atoms with Crippen LogP contribution in [-0.4, -0.2) is 24.5 Å². The van der Waals surface area contributed by atoms with Crippen molar-refractivity contribution in [2.45, 2.75) is 25.5 Å². The Labute approximate surface area is 145 Å². The Bertz CT molecular complexity index is 585. The molecule has 1 aliphatic rings. The molecule has 3 rings (SSSR count). The number of rotatable bonds is 6. The second kappa shape index (κ2) is 8.96. The average molecular weight is 330 g/mol. The minimum Gasteiger partial charge on any atom is -0.489 e. The van der Waals surface area contributed by atoms with E-state index in [9.17, 15) is 0 Å². The summed E-state index contributed by atoms with van der Waals surface area (Å²) in [5.74, 6) is 0.887. The topological polar surface area (TPSA) is 38.5 Å². The molecule has 0 spiro atoms. The Hall–Kier alpha value is -1.49. The van der Waals surface area contributed by atoms with E-state index in [1.165, 1.54) is 31.5 Å². The Morgan fingerprint density at radius 2 is 1.74 bits per heavy atom. The molecule has 23 heavy (non-hydrogen) atoms. The summed E-state index contributed by atoms with van der Waals surface area (Å²) < 4.78 is 5.88. The number of likely N-dealkylation sites (tertiary alicyclic amines) is 1. The van der Waals surface area contributed by atoms with E-state index >= 15 is 0 Å². The molecule has 2 N–H and O–H groups in total. The molecule has 1 heterocycles. The molecule has 1 atom stereocenters. The number of hydrogen-bond acceptors (Lipinski definition) is 3. The van der Waals surface area contributed by atoms with Crippen LogP contribution in [0.3, 0.4) is 0 Å². The Kier molecular flexibility index (Phi) is 6.96. The molecule has 0 amide bonds. The maximum absolute atomic E-state index is 6.35. The first kappa shape index (κ1) is 17.9. The summed E-state index contributed by atoms with van der Waals surface area (Å²) >= 11 is 0. The number of ether oxygens (including phenoxy) is 1. The third-order valence-electron chi connectivity index (χ3n) is 4.19. The Morgan fingerprint density at radius 3 is 2.48 bits per heavy atom. The molecule has 1 saturated heterocycles. The summed E-state index contributed by atoms with van der Waals surface area (Å²) in [4.78, 5) is 2.45. The molecule has 3 nitrogen and oxygen atoms in total. The van der Waals surface area contributed by atoms with Crippen molar-refractivity contribution in [3.05, 3.63) is 65.7 Å². The summed E-state index contributed by atoms with van der Waals surface area (Å²) in [6.07, 6.45) is 2.60. The van der Waals surface area contributed by atoms with Gasteiger partial charge in [0.05, 0.1) is 0 Å². The average Bonchev–Trinajstić information content (AvgIpc) is 3.07. The van der Waals surface area contributed by atoms with Crippen molar-refractivity contribution in [3.63, 3.8) is 0 Å². The lowest BCUT2D eigenvalue weighted by Gasteiger charge is -2.20. The highest BCUT2D eigenvalue weighted by Gasteiger charge is 2.16. The van der Waals surface area contributed by atoms with Crippen molar-refractivity contribution in [2.24, 2.45) is 5.73 Å². The maximum atomic E-state index is 6.35. The van der Waals surface area contributed by atoms with E-state index in [1.807, 2.05) is 30.3 Å². The molecular formula is C19H26N2OS. The van der Waals surface area contributed by atoms with Crippen molar-refractivity contribution < 1.29 is 4.74 Å². The molecule has 0 saturated carbocycles. The Balaban J connectivity index is 0.00000192. The van der Waals surface area contributed by atoms with Crippen LogP contribution in [0.2, 0.25) is 0 Å². The van der Waals surface area contributed by atoms with E-state index in [0.717, 1.165) is 17.9 Å². The van der Waals surface area contributed by atoms with Crippen LogP contribution in [0.4, 0.5) is 0 Å². The molecule has 0 aliphatic carbocycles. The number of nitrogens with zero attached hydrogens (tertiary/aromatic N) is 1. The van der Waals surface area contributed by atoms with Gasteiger partial charge in [-0.1, -0.05) is 42.5 Å². The summed E-state index contributed by atoms with van der Waals surface area (Å²) in [5, 5.41) is 0. The second-order valence-corrected chi connectivity index (χ2v) is 5.96. The van der Waals surface area contributed by atoms with Gasteiger partial charge in [-0.25, -0.2) is 0 Å². The van der Waals surface area contributed by atoms with Gasteiger partial charge in [-0.15, -0.1) is 0 Å². The fourth-order valence-corrected chi connectivity index (χ4v) is 2.92. The molecule has 0 aromatic heterocycles. The summed E-state index contributed by atoms with van der Waals surface area (Å²) in [7, 11) is 0. The standard InChI is InChI=1S/C19H24N2O.H2S/c20-19(14-21-11-4-5-12-21)17-9-6-10-18(13-17)22-15-16-7-2-1-3-8-16;/h1-3,6-10,13,19H,4-5,11-12,14-15,20H2;1H2/t19-;/m1./s1. The molecule has 2 aromatic carbocycles. The van der Waals surface area contributed by atoms with Crippen LogP contribution in [0, 0.1) is 0 Å². The van der Waals surface area contributed by atoms with Crippen molar-refractivity contribution in [1.29, 1.82) is 0 Å². The first-order chi connectivity index (χ1) is 10.8. The smallest absolute Gasteiger partial charge is 0.120 e. The molecule has 0 radical (unpaired) electrons. The lowest BCUT2D eigenvalue weighted by atomic mass is 10.1. The van der Waals surface area contributed by atoms with Gasteiger partial charge in [-0.05, 0) is 49.2 Å². The molecule has 1 aliphatic heterocycles. The lowest BCUT2D eigenvalue weighted by Crippen LogP contribution is -2.29. The predicted octanol–water partition coefficient (Wildman–Crippen LogP) is 3.47. The molecular weight excluding hydrogens is 304 g/mol. The van der Waals surface area contributed by atoms with E-state index in [-0.39, 0.29) is 19.5 Å². The third kappa shape index (κ3) is 5.27. The Morgan fingerprint density at radius 1 is 1.00 bits per heavy atom. The molecule has 0 bridgehead atoms. The van der Waals surface area contributed by atoms with Gasteiger partial charge in [0.1, 0.15) is 12.4 Å². The quantitative estimate of drug-likeness (QED) is 0.881. The van der Waals surface area contributed by atoms with Crippen molar-refractivity contribution in [2.75, 3.05) is 19.6 Å².